The van der Waals surface area contributed by atoms with Crippen molar-refractivity contribution in [3.63, 3.8) is 0 Å². The van der Waals surface area contributed by atoms with E-state index in [1.807, 2.05) is 18.9 Å². The highest BCUT2D eigenvalue weighted by Crippen LogP contribution is 2.56. The van der Waals surface area contributed by atoms with Crippen molar-refractivity contribution in [3.05, 3.63) is 0 Å². The Labute approximate surface area is 104 Å². The van der Waals surface area contributed by atoms with Crippen molar-refractivity contribution in [2.75, 3.05) is 13.6 Å². The van der Waals surface area contributed by atoms with Gasteiger partial charge in [0.05, 0.1) is 0 Å². The zero-order chi connectivity index (χ0) is 11.0. The molecule has 4 heteroatoms. The number of halogens is 1. The minimum atomic E-state index is 0. The Balaban J connectivity index is 0.00000128. The molecule has 0 bridgehead atoms. The summed E-state index contributed by atoms with van der Waals surface area (Å²) < 4.78 is 0. The second-order valence-electron chi connectivity index (χ2n) is 5.17. The van der Waals surface area contributed by atoms with Crippen LogP contribution >= 0.6 is 12.4 Å². The maximum atomic E-state index is 12.1. The van der Waals surface area contributed by atoms with Gasteiger partial charge in [-0.15, -0.1) is 12.4 Å². The lowest BCUT2D eigenvalue weighted by atomic mass is 10.0. The van der Waals surface area contributed by atoms with Crippen molar-refractivity contribution in [1.82, 2.24) is 4.90 Å². The topological polar surface area (TPSA) is 46.3 Å². The lowest BCUT2D eigenvalue weighted by Gasteiger charge is -2.23. The zero-order valence-corrected chi connectivity index (χ0v) is 11.0. The second-order valence-corrected chi connectivity index (χ2v) is 5.17. The summed E-state index contributed by atoms with van der Waals surface area (Å²) in [4.78, 5) is 14.0. The third kappa shape index (κ3) is 2.35. The Morgan fingerprint density at radius 3 is 2.31 bits per heavy atom. The molecule has 3 nitrogen and oxygen atoms in total. The maximum Gasteiger partial charge on any atom is 0.226 e. The molecule has 0 spiro atoms. The Kier molecular flexibility index (Phi) is 4.62. The van der Waals surface area contributed by atoms with Gasteiger partial charge in [-0.05, 0) is 31.6 Å². The van der Waals surface area contributed by atoms with Gasteiger partial charge in [-0.25, -0.2) is 0 Å². The monoisotopic (exact) mass is 246 g/mol. The summed E-state index contributed by atoms with van der Waals surface area (Å²) >= 11 is 0. The van der Waals surface area contributed by atoms with E-state index in [2.05, 4.69) is 0 Å². The molecule has 2 N–H and O–H groups in total. The standard InChI is InChI=1S/C12H22N2O.ClH/c1-8(7-13)14(2)12(15)11-9-5-3-4-6-10(9)11;/h8-11H,3-7,13H2,1-2H3;1H. The molecule has 0 radical (unpaired) electrons. The molecule has 0 heterocycles. The summed E-state index contributed by atoms with van der Waals surface area (Å²) in [5.41, 5.74) is 5.58. The first-order valence-electron chi connectivity index (χ1n) is 6.13. The van der Waals surface area contributed by atoms with E-state index < -0.39 is 0 Å². The van der Waals surface area contributed by atoms with E-state index in [-0.39, 0.29) is 18.4 Å². The minimum Gasteiger partial charge on any atom is -0.342 e. The van der Waals surface area contributed by atoms with Crippen molar-refractivity contribution in [2.24, 2.45) is 23.5 Å². The highest BCUT2D eigenvalue weighted by Gasteiger charge is 2.55. The van der Waals surface area contributed by atoms with Gasteiger partial charge in [0.25, 0.3) is 0 Å². The average molecular weight is 247 g/mol. The maximum absolute atomic E-state index is 12.1. The van der Waals surface area contributed by atoms with E-state index in [0.717, 1.165) is 0 Å². The van der Waals surface area contributed by atoms with Gasteiger partial charge in [0.2, 0.25) is 5.91 Å². The molecule has 16 heavy (non-hydrogen) atoms. The van der Waals surface area contributed by atoms with E-state index in [9.17, 15) is 4.79 Å². The van der Waals surface area contributed by atoms with Crippen LogP contribution in [0, 0.1) is 17.8 Å². The first-order valence-corrected chi connectivity index (χ1v) is 6.13. The highest BCUT2D eigenvalue weighted by atomic mass is 35.5. The predicted octanol–water partition coefficient (Wildman–Crippen LogP) is 1.65. The Morgan fingerprint density at radius 1 is 1.38 bits per heavy atom. The SMILES string of the molecule is CC(CN)N(C)C(=O)C1C2CCCCC21.Cl. The number of amides is 1. The van der Waals surface area contributed by atoms with Crippen LogP contribution in [-0.2, 0) is 4.79 Å². The number of nitrogens with two attached hydrogens (primary N) is 1. The first-order chi connectivity index (χ1) is 7.16. The van der Waals surface area contributed by atoms with Crippen LogP contribution in [-0.4, -0.2) is 30.4 Å². The van der Waals surface area contributed by atoms with Crippen LogP contribution in [0.2, 0.25) is 0 Å². The number of fused-ring (bicyclic) bond motifs is 1. The van der Waals surface area contributed by atoms with Gasteiger partial charge in [-0.3, -0.25) is 4.79 Å². The molecule has 2 rings (SSSR count). The van der Waals surface area contributed by atoms with Crippen LogP contribution in [0.15, 0.2) is 0 Å². The average Bonchev–Trinajstić information content (AvgIpc) is 3.00. The molecule has 2 saturated carbocycles. The smallest absolute Gasteiger partial charge is 0.226 e. The quantitative estimate of drug-likeness (QED) is 0.823. The van der Waals surface area contributed by atoms with Crippen LogP contribution in [0.3, 0.4) is 0 Å². The molecule has 2 aliphatic carbocycles. The van der Waals surface area contributed by atoms with Crippen LogP contribution in [0.5, 0.6) is 0 Å². The van der Waals surface area contributed by atoms with E-state index in [1.54, 1.807) is 0 Å². The minimum absolute atomic E-state index is 0. The number of carbonyl (C=O) groups excluding carboxylic acids is 1. The van der Waals surface area contributed by atoms with Crippen LogP contribution in [0.25, 0.3) is 0 Å². The molecule has 2 fully saturated rings. The van der Waals surface area contributed by atoms with Gasteiger partial charge in [-0.2, -0.15) is 0 Å². The van der Waals surface area contributed by atoms with Crippen LogP contribution in [0.4, 0.5) is 0 Å². The van der Waals surface area contributed by atoms with Gasteiger partial charge in [0.15, 0.2) is 0 Å². The Hall–Kier alpha value is -0.280. The molecule has 0 aliphatic heterocycles. The summed E-state index contributed by atoms with van der Waals surface area (Å²) in [6.45, 7) is 2.58. The second kappa shape index (κ2) is 5.37. The normalized spacial score (nSPS) is 33.3. The fourth-order valence-corrected chi connectivity index (χ4v) is 2.97. The third-order valence-electron chi connectivity index (χ3n) is 4.29. The fourth-order valence-electron chi connectivity index (χ4n) is 2.97. The molecule has 1 amide bonds. The fraction of sp³-hybridized carbons (Fsp3) is 0.917. The lowest BCUT2D eigenvalue weighted by molar-refractivity contribution is -0.133. The number of likely N-dealkylation sites (N-methyl/N-ethyl adjacent to an activating group) is 1. The highest BCUT2D eigenvalue weighted by molar-refractivity contribution is 5.85. The molecule has 0 aromatic carbocycles. The van der Waals surface area contributed by atoms with Crippen LogP contribution < -0.4 is 5.73 Å². The van der Waals surface area contributed by atoms with Gasteiger partial charge in [0, 0.05) is 25.6 Å². The Morgan fingerprint density at radius 2 is 1.88 bits per heavy atom. The Bertz CT molecular complexity index is 247. The van der Waals surface area contributed by atoms with Crippen molar-refractivity contribution in [3.8, 4) is 0 Å². The molecule has 0 aromatic rings. The number of hydrogen-bond acceptors (Lipinski definition) is 2. The summed E-state index contributed by atoms with van der Waals surface area (Å²) in [5.74, 6) is 2.09. The molecule has 0 aromatic heterocycles. The van der Waals surface area contributed by atoms with E-state index in [1.165, 1.54) is 25.7 Å². The molecule has 2 aliphatic rings. The summed E-state index contributed by atoms with van der Waals surface area (Å²) in [6.07, 6.45) is 5.18. The van der Waals surface area contributed by atoms with Crippen molar-refractivity contribution < 1.29 is 4.79 Å². The molecular weight excluding hydrogens is 224 g/mol. The first kappa shape index (κ1) is 13.8. The largest absolute Gasteiger partial charge is 0.342 e. The zero-order valence-electron chi connectivity index (χ0n) is 10.2. The van der Waals surface area contributed by atoms with E-state index >= 15 is 0 Å². The van der Waals surface area contributed by atoms with E-state index in [0.29, 0.717) is 30.2 Å². The number of nitrogens with zero attached hydrogens (tertiary/aromatic N) is 1. The van der Waals surface area contributed by atoms with Gasteiger partial charge >= 0.3 is 0 Å². The molecule has 94 valence electrons. The van der Waals surface area contributed by atoms with Gasteiger partial charge in [0.1, 0.15) is 0 Å². The van der Waals surface area contributed by atoms with Crippen LogP contribution in [0.1, 0.15) is 32.6 Å². The molecular formula is C12H23ClN2O. The molecule has 3 unspecified atom stereocenters. The molecule has 0 saturated heterocycles. The number of carbonyl (C=O) groups is 1. The number of hydrogen-bond donors (Lipinski definition) is 1. The van der Waals surface area contributed by atoms with Crippen molar-refractivity contribution in [1.29, 1.82) is 0 Å². The third-order valence-corrected chi connectivity index (χ3v) is 4.29. The summed E-state index contributed by atoms with van der Waals surface area (Å²) in [6, 6.07) is 0.181. The number of rotatable bonds is 3. The lowest BCUT2D eigenvalue weighted by Crippen LogP contribution is -2.41. The van der Waals surface area contributed by atoms with Crippen molar-refractivity contribution in [2.45, 2.75) is 38.6 Å². The van der Waals surface area contributed by atoms with Gasteiger partial charge in [-0.1, -0.05) is 12.8 Å². The summed E-state index contributed by atoms with van der Waals surface area (Å²) in [5, 5.41) is 0. The van der Waals surface area contributed by atoms with Crippen molar-refractivity contribution >= 4 is 18.3 Å². The molecule has 3 atom stereocenters. The van der Waals surface area contributed by atoms with Gasteiger partial charge < -0.3 is 10.6 Å². The predicted molar refractivity (Wildman–Crippen MR) is 67.5 cm³/mol. The van der Waals surface area contributed by atoms with E-state index in [4.69, 9.17) is 5.73 Å². The summed E-state index contributed by atoms with van der Waals surface area (Å²) in [7, 11) is 1.89.